The largest absolute Gasteiger partial charge is 0.393 e. The maximum absolute atomic E-state index is 9.86. The molecule has 0 spiro atoms. The van der Waals surface area contributed by atoms with Gasteiger partial charge in [-0.1, -0.05) is 26.2 Å². The number of hydrogen-bond donors (Lipinski definition) is 1. The minimum Gasteiger partial charge on any atom is -0.393 e. The Morgan fingerprint density at radius 1 is 1.08 bits per heavy atom. The summed E-state index contributed by atoms with van der Waals surface area (Å²) in [7, 11) is 0. The number of aliphatic hydroxyl groups excluding tert-OH is 1. The predicted octanol–water partition coefficient (Wildman–Crippen LogP) is 2.97. The lowest BCUT2D eigenvalue weighted by Crippen LogP contribution is -2.29. The van der Waals surface area contributed by atoms with Crippen molar-refractivity contribution in [2.75, 3.05) is 0 Å². The van der Waals surface area contributed by atoms with Crippen molar-refractivity contribution in [3.63, 3.8) is 0 Å². The average molecular weight is 182 g/mol. The SMILES string of the molecule is CCC1CCC(O)C(CC2CC2)C1. The topological polar surface area (TPSA) is 20.2 Å². The second-order valence-electron chi connectivity index (χ2n) is 5.09. The van der Waals surface area contributed by atoms with Gasteiger partial charge >= 0.3 is 0 Å². The molecule has 0 bridgehead atoms. The molecule has 2 rings (SSSR count). The zero-order valence-corrected chi connectivity index (χ0v) is 8.71. The predicted molar refractivity (Wildman–Crippen MR) is 54.5 cm³/mol. The Balaban J connectivity index is 1.82. The van der Waals surface area contributed by atoms with Gasteiger partial charge in [-0.15, -0.1) is 0 Å². The second-order valence-corrected chi connectivity index (χ2v) is 5.09. The van der Waals surface area contributed by atoms with E-state index in [0.717, 1.165) is 18.3 Å². The molecule has 0 amide bonds. The minimum atomic E-state index is 0.0309. The molecule has 0 heterocycles. The molecular weight excluding hydrogens is 160 g/mol. The van der Waals surface area contributed by atoms with Gasteiger partial charge in [-0.05, 0) is 43.4 Å². The van der Waals surface area contributed by atoms with E-state index in [4.69, 9.17) is 0 Å². The molecule has 1 N–H and O–H groups in total. The van der Waals surface area contributed by atoms with Gasteiger partial charge in [0.05, 0.1) is 6.10 Å². The summed E-state index contributed by atoms with van der Waals surface area (Å²) in [6, 6.07) is 0. The van der Waals surface area contributed by atoms with Gasteiger partial charge in [-0.3, -0.25) is 0 Å². The van der Waals surface area contributed by atoms with Gasteiger partial charge in [0.2, 0.25) is 0 Å². The maximum Gasteiger partial charge on any atom is 0.0568 e. The summed E-state index contributed by atoms with van der Waals surface area (Å²) in [6.07, 6.45) is 9.15. The van der Waals surface area contributed by atoms with E-state index < -0.39 is 0 Å². The Hall–Kier alpha value is -0.0400. The summed E-state index contributed by atoms with van der Waals surface area (Å²) >= 11 is 0. The molecule has 0 aromatic rings. The van der Waals surface area contributed by atoms with E-state index in [1.54, 1.807) is 0 Å². The highest BCUT2D eigenvalue weighted by Gasteiger charge is 2.33. The number of aliphatic hydroxyl groups is 1. The molecule has 2 aliphatic carbocycles. The van der Waals surface area contributed by atoms with E-state index in [2.05, 4.69) is 6.92 Å². The molecule has 2 saturated carbocycles. The monoisotopic (exact) mass is 182 g/mol. The van der Waals surface area contributed by atoms with Crippen molar-refractivity contribution in [2.24, 2.45) is 17.8 Å². The van der Waals surface area contributed by atoms with Gasteiger partial charge in [0.15, 0.2) is 0 Å². The van der Waals surface area contributed by atoms with E-state index in [1.807, 2.05) is 0 Å². The minimum absolute atomic E-state index is 0.0309. The fourth-order valence-corrected chi connectivity index (χ4v) is 2.75. The van der Waals surface area contributed by atoms with Crippen LogP contribution in [-0.2, 0) is 0 Å². The summed E-state index contributed by atoms with van der Waals surface area (Å²) < 4.78 is 0. The van der Waals surface area contributed by atoms with Gasteiger partial charge in [0.1, 0.15) is 0 Å². The van der Waals surface area contributed by atoms with Crippen LogP contribution in [0.2, 0.25) is 0 Å². The first-order valence-corrected chi connectivity index (χ1v) is 5.97. The van der Waals surface area contributed by atoms with Crippen LogP contribution in [0.1, 0.15) is 51.9 Å². The van der Waals surface area contributed by atoms with Crippen molar-refractivity contribution in [1.29, 1.82) is 0 Å². The quantitative estimate of drug-likeness (QED) is 0.711. The fourth-order valence-electron chi connectivity index (χ4n) is 2.75. The molecule has 0 aromatic heterocycles. The van der Waals surface area contributed by atoms with Crippen LogP contribution in [-0.4, -0.2) is 11.2 Å². The molecule has 76 valence electrons. The Kier molecular flexibility index (Phi) is 2.92. The van der Waals surface area contributed by atoms with Gasteiger partial charge in [0.25, 0.3) is 0 Å². The van der Waals surface area contributed by atoms with Gasteiger partial charge in [-0.2, -0.15) is 0 Å². The van der Waals surface area contributed by atoms with Crippen molar-refractivity contribution >= 4 is 0 Å². The molecule has 1 nitrogen and oxygen atoms in total. The normalized spacial score (nSPS) is 40.6. The van der Waals surface area contributed by atoms with Crippen LogP contribution < -0.4 is 0 Å². The van der Waals surface area contributed by atoms with E-state index in [0.29, 0.717) is 5.92 Å². The molecule has 3 atom stereocenters. The molecule has 0 aromatic carbocycles. The van der Waals surface area contributed by atoms with Crippen molar-refractivity contribution in [3.05, 3.63) is 0 Å². The first-order valence-electron chi connectivity index (χ1n) is 5.97. The van der Waals surface area contributed by atoms with Crippen molar-refractivity contribution in [3.8, 4) is 0 Å². The Labute approximate surface area is 81.5 Å². The van der Waals surface area contributed by atoms with Crippen LogP contribution in [0.5, 0.6) is 0 Å². The lowest BCUT2D eigenvalue weighted by molar-refractivity contribution is 0.0402. The molecule has 0 saturated heterocycles. The second kappa shape index (κ2) is 4.00. The van der Waals surface area contributed by atoms with E-state index in [-0.39, 0.29) is 6.10 Å². The van der Waals surface area contributed by atoms with Crippen LogP contribution >= 0.6 is 0 Å². The Bertz CT molecular complexity index is 163. The molecule has 1 heteroatoms. The molecule has 0 aliphatic heterocycles. The highest BCUT2D eigenvalue weighted by molar-refractivity contribution is 4.84. The number of hydrogen-bond acceptors (Lipinski definition) is 1. The van der Waals surface area contributed by atoms with Gasteiger partial charge < -0.3 is 5.11 Å². The number of rotatable bonds is 3. The third-order valence-corrected chi connectivity index (χ3v) is 3.96. The fraction of sp³-hybridized carbons (Fsp3) is 1.00. The Morgan fingerprint density at radius 2 is 1.77 bits per heavy atom. The highest BCUT2D eigenvalue weighted by Crippen LogP contribution is 2.41. The van der Waals surface area contributed by atoms with Crippen molar-refractivity contribution in [1.82, 2.24) is 0 Å². The molecular formula is C12H22O. The molecule has 0 radical (unpaired) electrons. The van der Waals surface area contributed by atoms with Crippen LogP contribution in [0.25, 0.3) is 0 Å². The zero-order chi connectivity index (χ0) is 9.26. The van der Waals surface area contributed by atoms with Crippen LogP contribution in [0, 0.1) is 17.8 Å². The molecule has 13 heavy (non-hydrogen) atoms. The van der Waals surface area contributed by atoms with Crippen molar-refractivity contribution < 1.29 is 5.11 Å². The summed E-state index contributed by atoms with van der Waals surface area (Å²) in [5.41, 5.74) is 0. The molecule has 3 unspecified atom stereocenters. The first kappa shape index (κ1) is 9.51. The first-order chi connectivity index (χ1) is 6.29. The standard InChI is InChI=1S/C12H22O/c1-2-9-5-6-12(13)11(7-9)8-10-3-4-10/h9-13H,2-8H2,1H3. The summed E-state index contributed by atoms with van der Waals surface area (Å²) in [5, 5.41) is 9.86. The van der Waals surface area contributed by atoms with Gasteiger partial charge in [-0.25, -0.2) is 0 Å². The van der Waals surface area contributed by atoms with Gasteiger partial charge in [0, 0.05) is 0 Å². The summed E-state index contributed by atoms with van der Waals surface area (Å²) in [4.78, 5) is 0. The third-order valence-electron chi connectivity index (χ3n) is 3.96. The smallest absolute Gasteiger partial charge is 0.0568 e. The molecule has 2 fully saturated rings. The lowest BCUT2D eigenvalue weighted by atomic mass is 9.76. The summed E-state index contributed by atoms with van der Waals surface area (Å²) in [5.74, 6) is 2.54. The average Bonchev–Trinajstić information content (AvgIpc) is 2.93. The van der Waals surface area contributed by atoms with Crippen molar-refractivity contribution in [2.45, 2.75) is 58.0 Å². The van der Waals surface area contributed by atoms with E-state index >= 15 is 0 Å². The van der Waals surface area contributed by atoms with E-state index in [9.17, 15) is 5.11 Å². The highest BCUT2D eigenvalue weighted by atomic mass is 16.3. The Morgan fingerprint density at radius 3 is 2.38 bits per heavy atom. The summed E-state index contributed by atoms with van der Waals surface area (Å²) in [6.45, 7) is 2.29. The molecule has 2 aliphatic rings. The van der Waals surface area contributed by atoms with Crippen LogP contribution in [0.3, 0.4) is 0 Å². The van der Waals surface area contributed by atoms with E-state index in [1.165, 1.54) is 38.5 Å². The maximum atomic E-state index is 9.86. The van der Waals surface area contributed by atoms with Crippen LogP contribution in [0.4, 0.5) is 0 Å². The third kappa shape index (κ3) is 2.46. The zero-order valence-electron chi connectivity index (χ0n) is 8.71. The van der Waals surface area contributed by atoms with Crippen LogP contribution in [0.15, 0.2) is 0 Å². The lowest BCUT2D eigenvalue weighted by Gasteiger charge is -2.33.